The second-order valence-corrected chi connectivity index (χ2v) is 9.35. The number of carbonyl (C=O) groups is 2. The minimum absolute atomic E-state index is 0.0396. The normalized spacial score (nSPS) is 12.6. The Labute approximate surface area is 221 Å². The van der Waals surface area contributed by atoms with Crippen LogP contribution in [0.1, 0.15) is 41.5 Å². The lowest BCUT2D eigenvalue weighted by molar-refractivity contribution is -0.147. The highest BCUT2D eigenvalue weighted by molar-refractivity contribution is 5.94. The topological polar surface area (TPSA) is 135 Å². The molecule has 0 aliphatic heterocycles. The molecule has 196 valence electrons. The van der Waals surface area contributed by atoms with Gasteiger partial charge < -0.3 is 26.1 Å². The molecule has 4 aromatic rings. The van der Waals surface area contributed by atoms with E-state index in [0.29, 0.717) is 17.3 Å². The third-order valence-corrected chi connectivity index (χ3v) is 6.09. The smallest absolute Gasteiger partial charge is 0.323 e. The van der Waals surface area contributed by atoms with E-state index in [1.807, 2.05) is 81.4 Å². The van der Waals surface area contributed by atoms with Crippen LogP contribution in [-0.4, -0.2) is 39.5 Å². The van der Waals surface area contributed by atoms with Crippen molar-refractivity contribution < 1.29 is 14.3 Å². The fourth-order valence-electron chi connectivity index (χ4n) is 3.78. The molecule has 9 heteroatoms. The highest BCUT2D eigenvalue weighted by atomic mass is 16.5. The van der Waals surface area contributed by atoms with Crippen molar-refractivity contribution in [1.29, 1.82) is 0 Å². The van der Waals surface area contributed by atoms with Crippen molar-refractivity contribution in [2.75, 3.05) is 11.9 Å². The van der Waals surface area contributed by atoms with Crippen molar-refractivity contribution >= 4 is 23.5 Å². The number of para-hydroxylation sites is 1. The number of hydrogen-bond acceptors (Lipinski definition) is 7. The summed E-state index contributed by atoms with van der Waals surface area (Å²) in [5.74, 6) is -0.451. The number of nitrogens with one attached hydrogen (secondary N) is 3. The SMILES string of the molecule is Cc1cnc(Nc2ccccc2)nc1-c1c[nH]c(C(=O)N[C@H](COC(=O)[C@@H](N)C(C)C)c2ccccc2)c1. The van der Waals surface area contributed by atoms with E-state index in [4.69, 9.17) is 10.5 Å². The Balaban J connectivity index is 1.50. The fourth-order valence-corrected chi connectivity index (χ4v) is 3.78. The molecule has 2 aromatic heterocycles. The number of benzene rings is 2. The minimum atomic E-state index is -0.731. The van der Waals surface area contributed by atoms with Gasteiger partial charge in [0.15, 0.2) is 0 Å². The Hall–Kier alpha value is -4.50. The van der Waals surface area contributed by atoms with Gasteiger partial charge in [-0.2, -0.15) is 0 Å². The number of anilines is 2. The molecular weight excluding hydrogens is 480 g/mol. The Morgan fingerprint density at radius 1 is 1.05 bits per heavy atom. The summed E-state index contributed by atoms with van der Waals surface area (Å²) in [6, 6.07) is 19.4. The molecule has 0 saturated carbocycles. The maximum Gasteiger partial charge on any atom is 0.323 e. The van der Waals surface area contributed by atoms with Crippen molar-refractivity contribution in [2.24, 2.45) is 11.7 Å². The lowest BCUT2D eigenvalue weighted by Crippen LogP contribution is -2.39. The number of aromatic amines is 1. The Bertz CT molecular complexity index is 1370. The van der Waals surface area contributed by atoms with Crippen molar-refractivity contribution in [3.8, 4) is 11.3 Å². The number of aromatic nitrogens is 3. The number of aryl methyl sites for hydroxylation is 1. The van der Waals surface area contributed by atoms with Gasteiger partial charge in [0.1, 0.15) is 18.3 Å². The van der Waals surface area contributed by atoms with E-state index in [-0.39, 0.29) is 18.4 Å². The van der Waals surface area contributed by atoms with Gasteiger partial charge in [0.25, 0.3) is 5.91 Å². The first-order valence-electron chi connectivity index (χ1n) is 12.4. The molecule has 0 aliphatic carbocycles. The summed E-state index contributed by atoms with van der Waals surface area (Å²) in [6.45, 7) is 5.58. The maximum atomic E-state index is 13.2. The number of esters is 1. The second-order valence-electron chi connectivity index (χ2n) is 9.35. The van der Waals surface area contributed by atoms with Crippen molar-refractivity contribution in [3.05, 3.63) is 95.9 Å². The molecule has 2 atom stereocenters. The van der Waals surface area contributed by atoms with E-state index >= 15 is 0 Å². The molecule has 0 bridgehead atoms. The molecule has 0 radical (unpaired) electrons. The molecule has 0 fully saturated rings. The third kappa shape index (κ3) is 6.63. The molecule has 0 spiro atoms. The lowest BCUT2D eigenvalue weighted by Gasteiger charge is -2.21. The van der Waals surface area contributed by atoms with Gasteiger partial charge in [-0.1, -0.05) is 62.4 Å². The Morgan fingerprint density at radius 3 is 2.42 bits per heavy atom. The number of nitrogens with two attached hydrogens (primary N) is 1. The van der Waals surface area contributed by atoms with Crippen LogP contribution in [0.4, 0.5) is 11.6 Å². The highest BCUT2D eigenvalue weighted by Crippen LogP contribution is 2.24. The van der Waals surface area contributed by atoms with Crippen molar-refractivity contribution in [3.63, 3.8) is 0 Å². The Morgan fingerprint density at radius 2 is 1.74 bits per heavy atom. The van der Waals surface area contributed by atoms with Crippen molar-refractivity contribution in [1.82, 2.24) is 20.3 Å². The Kier molecular flexibility index (Phi) is 8.50. The van der Waals surface area contributed by atoms with E-state index < -0.39 is 18.1 Å². The molecular formula is C29H32N6O3. The summed E-state index contributed by atoms with van der Waals surface area (Å²) < 4.78 is 5.46. The van der Waals surface area contributed by atoms with E-state index in [2.05, 4.69) is 25.6 Å². The van der Waals surface area contributed by atoms with Gasteiger partial charge in [0, 0.05) is 23.6 Å². The van der Waals surface area contributed by atoms with Gasteiger partial charge in [0.2, 0.25) is 5.95 Å². The molecule has 0 saturated heterocycles. The molecule has 0 aliphatic rings. The van der Waals surface area contributed by atoms with E-state index in [1.165, 1.54) is 0 Å². The number of amides is 1. The van der Waals surface area contributed by atoms with Crippen LogP contribution in [0.5, 0.6) is 0 Å². The molecule has 2 heterocycles. The number of H-pyrrole nitrogens is 1. The number of hydrogen-bond donors (Lipinski definition) is 4. The zero-order valence-corrected chi connectivity index (χ0v) is 21.6. The summed E-state index contributed by atoms with van der Waals surface area (Å²) in [4.78, 5) is 37.6. The zero-order chi connectivity index (χ0) is 27.1. The van der Waals surface area contributed by atoms with Crippen LogP contribution in [0.15, 0.2) is 79.1 Å². The van der Waals surface area contributed by atoms with Crippen molar-refractivity contribution in [2.45, 2.75) is 32.9 Å². The average molecular weight is 513 g/mol. The lowest BCUT2D eigenvalue weighted by atomic mass is 10.1. The van der Waals surface area contributed by atoms with Crippen LogP contribution < -0.4 is 16.4 Å². The molecule has 5 N–H and O–H groups in total. The molecule has 0 unspecified atom stereocenters. The predicted octanol–water partition coefficient (Wildman–Crippen LogP) is 4.52. The number of ether oxygens (including phenoxy) is 1. The summed E-state index contributed by atoms with van der Waals surface area (Å²) in [5.41, 5.74) is 10.3. The van der Waals surface area contributed by atoms with E-state index in [9.17, 15) is 9.59 Å². The quantitative estimate of drug-likeness (QED) is 0.229. The molecule has 2 aromatic carbocycles. The fraction of sp³-hybridized carbons (Fsp3) is 0.241. The van der Waals surface area contributed by atoms with Gasteiger partial charge in [0.05, 0.1) is 11.7 Å². The molecule has 9 nitrogen and oxygen atoms in total. The van der Waals surface area contributed by atoms with Crippen LogP contribution in [-0.2, 0) is 9.53 Å². The average Bonchev–Trinajstić information content (AvgIpc) is 3.43. The van der Waals surface area contributed by atoms with Gasteiger partial charge in [-0.3, -0.25) is 9.59 Å². The summed E-state index contributed by atoms with van der Waals surface area (Å²) in [7, 11) is 0. The first-order valence-corrected chi connectivity index (χ1v) is 12.4. The predicted molar refractivity (Wildman–Crippen MR) is 147 cm³/mol. The number of nitrogens with zero attached hydrogens (tertiary/aromatic N) is 2. The standard InChI is InChI=1S/C29H32N6O3/c1-18(2)25(30)28(37)38-17-24(20-10-6-4-7-11-20)34-27(36)23-14-21(16-31-23)26-19(3)15-32-29(35-26)33-22-12-8-5-9-13-22/h4-16,18,24-25,31H,17,30H2,1-3H3,(H,34,36)(H,32,33,35)/t24-,25+/m1/s1. The second kappa shape index (κ2) is 12.2. The van der Waals surface area contributed by atoms with Gasteiger partial charge in [-0.05, 0) is 42.2 Å². The first kappa shape index (κ1) is 26.6. The minimum Gasteiger partial charge on any atom is -0.462 e. The number of carbonyl (C=O) groups excluding carboxylic acids is 2. The molecule has 38 heavy (non-hydrogen) atoms. The van der Waals surface area contributed by atoms with Gasteiger partial charge >= 0.3 is 5.97 Å². The van der Waals surface area contributed by atoms with Crippen LogP contribution in [0.2, 0.25) is 0 Å². The van der Waals surface area contributed by atoms with Crippen LogP contribution >= 0.6 is 0 Å². The first-order chi connectivity index (χ1) is 18.3. The number of rotatable bonds is 10. The third-order valence-electron chi connectivity index (χ3n) is 6.09. The molecule has 4 rings (SSSR count). The van der Waals surface area contributed by atoms with Crippen LogP contribution in [0.25, 0.3) is 11.3 Å². The monoisotopic (exact) mass is 512 g/mol. The van der Waals surface area contributed by atoms with Gasteiger partial charge in [-0.25, -0.2) is 9.97 Å². The maximum absolute atomic E-state index is 13.2. The van der Waals surface area contributed by atoms with Crippen LogP contribution in [0, 0.1) is 12.8 Å². The summed E-state index contributed by atoms with van der Waals surface area (Å²) in [6.07, 6.45) is 3.47. The summed E-state index contributed by atoms with van der Waals surface area (Å²) >= 11 is 0. The van der Waals surface area contributed by atoms with E-state index in [0.717, 1.165) is 22.4 Å². The highest BCUT2D eigenvalue weighted by Gasteiger charge is 2.23. The summed E-state index contributed by atoms with van der Waals surface area (Å²) in [5, 5.41) is 6.15. The zero-order valence-electron chi connectivity index (χ0n) is 21.6. The largest absolute Gasteiger partial charge is 0.462 e. The van der Waals surface area contributed by atoms with Gasteiger partial charge in [-0.15, -0.1) is 0 Å². The van der Waals surface area contributed by atoms with Crippen LogP contribution in [0.3, 0.4) is 0 Å². The molecule has 1 amide bonds. The van der Waals surface area contributed by atoms with E-state index in [1.54, 1.807) is 18.5 Å².